The predicted molar refractivity (Wildman–Crippen MR) is 98.3 cm³/mol. The van der Waals surface area contributed by atoms with Gasteiger partial charge in [-0.1, -0.05) is 6.07 Å². The van der Waals surface area contributed by atoms with Crippen molar-refractivity contribution in [3.05, 3.63) is 40.6 Å². The lowest BCUT2D eigenvalue weighted by Gasteiger charge is -2.17. The van der Waals surface area contributed by atoms with Crippen molar-refractivity contribution in [1.29, 1.82) is 0 Å². The molecule has 0 aliphatic carbocycles. The van der Waals surface area contributed by atoms with Gasteiger partial charge in [0.15, 0.2) is 11.5 Å². The number of anilines is 1. The van der Waals surface area contributed by atoms with Gasteiger partial charge in [0.05, 0.1) is 26.2 Å². The Balaban J connectivity index is 2.06. The van der Waals surface area contributed by atoms with Crippen molar-refractivity contribution in [3.8, 4) is 11.5 Å². The second kappa shape index (κ2) is 9.08. The average molecular weight is 362 g/mol. The Labute approximate surface area is 151 Å². The number of rotatable bonds is 8. The van der Waals surface area contributed by atoms with Crippen LogP contribution in [0.3, 0.4) is 0 Å². The molecule has 1 aromatic carbocycles. The van der Waals surface area contributed by atoms with Gasteiger partial charge in [-0.25, -0.2) is 0 Å². The summed E-state index contributed by atoms with van der Waals surface area (Å²) in [6, 6.07) is 8.67. The first-order chi connectivity index (χ1) is 12.0. The number of thiophene rings is 1. The van der Waals surface area contributed by atoms with E-state index in [9.17, 15) is 9.59 Å². The predicted octanol–water partition coefficient (Wildman–Crippen LogP) is 3.36. The maximum Gasteiger partial charge on any atom is 0.226 e. The summed E-state index contributed by atoms with van der Waals surface area (Å²) >= 11 is 1.50. The Bertz CT molecular complexity index is 716. The van der Waals surface area contributed by atoms with E-state index in [2.05, 4.69) is 10.6 Å². The number of carbonyl (C=O) groups excluding carboxylic acids is 2. The number of ether oxygens (including phenoxy) is 2. The third kappa shape index (κ3) is 5.49. The molecule has 0 aliphatic rings. The second-order valence-corrected chi connectivity index (χ2v) is 6.30. The fourth-order valence-corrected chi connectivity index (χ4v) is 3.15. The highest BCUT2D eigenvalue weighted by Crippen LogP contribution is 2.30. The normalized spacial score (nSPS) is 11.5. The first kappa shape index (κ1) is 18.8. The van der Waals surface area contributed by atoms with Crippen LogP contribution in [0, 0.1) is 0 Å². The van der Waals surface area contributed by atoms with Crippen LogP contribution in [0.5, 0.6) is 11.5 Å². The molecule has 0 aliphatic heterocycles. The Morgan fingerprint density at radius 3 is 2.64 bits per heavy atom. The zero-order chi connectivity index (χ0) is 18.2. The van der Waals surface area contributed by atoms with E-state index in [4.69, 9.17) is 9.47 Å². The first-order valence-corrected chi connectivity index (χ1v) is 8.82. The number of nitrogens with one attached hydrogen (secondary N) is 2. The van der Waals surface area contributed by atoms with Gasteiger partial charge in [0.1, 0.15) is 0 Å². The maximum atomic E-state index is 12.4. The summed E-state index contributed by atoms with van der Waals surface area (Å²) in [5, 5.41) is 7.56. The summed E-state index contributed by atoms with van der Waals surface area (Å²) in [5.41, 5.74) is 0.609. The van der Waals surface area contributed by atoms with Crippen LogP contribution in [0.15, 0.2) is 35.7 Å². The lowest BCUT2D eigenvalue weighted by atomic mass is 10.1. The first-order valence-electron chi connectivity index (χ1n) is 7.94. The Morgan fingerprint density at radius 1 is 1.24 bits per heavy atom. The van der Waals surface area contributed by atoms with Crippen molar-refractivity contribution in [2.24, 2.45) is 0 Å². The van der Waals surface area contributed by atoms with Gasteiger partial charge in [0, 0.05) is 23.6 Å². The monoisotopic (exact) mass is 362 g/mol. The zero-order valence-electron chi connectivity index (χ0n) is 14.5. The molecule has 0 bridgehead atoms. The highest BCUT2D eigenvalue weighted by molar-refractivity contribution is 7.10. The largest absolute Gasteiger partial charge is 0.493 e. The highest BCUT2D eigenvalue weighted by atomic mass is 32.1. The Kier molecular flexibility index (Phi) is 6.82. The van der Waals surface area contributed by atoms with Crippen LogP contribution in [-0.2, 0) is 9.59 Å². The van der Waals surface area contributed by atoms with E-state index >= 15 is 0 Å². The van der Waals surface area contributed by atoms with Crippen LogP contribution in [0.1, 0.15) is 31.2 Å². The van der Waals surface area contributed by atoms with E-state index in [1.54, 1.807) is 25.3 Å². The molecule has 0 saturated heterocycles. The van der Waals surface area contributed by atoms with Crippen molar-refractivity contribution in [2.75, 3.05) is 19.0 Å². The molecule has 1 atom stereocenters. The summed E-state index contributed by atoms with van der Waals surface area (Å²) < 4.78 is 10.7. The van der Waals surface area contributed by atoms with Crippen LogP contribution in [0.2, 0.25) is 0 Å². The minimum atomic E-state index is -0.345. The molecule has 134 valence electrons. The molecular weight excluding hydrogens is 340 g/mol. The number of hydrogen-bond donors (Lipinski definition) is 2. The summed E-state index contributed by atoms with van der Waals surface area (Å²) in [7, 11) is 1.55. The average Bonchev–Trinajstić information content (AvgIpc) is 3.10. The molecule has 2 aromatic rings. The van der Waals surface area contributed by atoms with Gasteiger partial charge >= 0.3 is 0 Å². The van der Waals surface area contributed by atoms with Gasteiger partial charge in [-0.05, 0) is 30.5 Å². The maximum absolute atomic E-state index is 12.4. The topological polar surface area (TPSA) is 76.7 Å². The van der Waals surface area contributed by atoms with Crippen molar-refractivity contribution in [1.82, 2.24) is 5.32 Å². The van der Waals surface area contributed by atoms with Crippen molar-refractivity contribution in [3.63, 3.8) is 0 Å². The third-order valence-corrected chi connectivity index (χ3v) is 4.39. The molecule has 0 radical (unpaired) electrons. The smallest absolute Gasteiger partial charge is 0.226 e. The number of hydrogen-bond acceptors (Lipinski definition) is 5. The van der Waals surface area contributed by atoms with Gasteiger partial charge < -0.3 is 20.1 Å². The number of carbonyl (C=O) groups is 2. The summed E-state index contributed by atoms with van der Waals surface area (Å²) in [6.07, 6.45) is 0.148. The van der Waals surface area contributed by atoms with Gasteiger partial charge in [0.2, 0.25) is 11.8 Å². The van der Waals surface area contributed by atoms with E-state index in [0.717, 1.165) is 4.88 Å². The summed E-state index contributed by atoms with van der Waals surface area (Å²) in [5.74, 6) is 0.807. The number of amides is 2. The third-order valence-electron chi connectivity index (χ3n) is 3.40. The minimum absolute atomic E-state index is 0.148. The molecule has 0 saturated carbocycles. The zero-order valence-corrected chi connectivity index (χ0v) is 15.3. The van der Waals surface area contributed by atoms with Gasteiger partial charge in [-0.3, -0.25) is 9.59 Å². The number of benzene rings is 1. The Hall–Kier alpha value is -2.54. The van der Waals surface area contributed by atoms with Crippen LogP contribution in [0.25, 0.3) is 0 Å². The molecule has 0 fully saturated rings. The van der Waals surface area contributed by atoms with Crippen molar-refractivity contribution >= 4 is 28.8 Å². The van der Waals surface area contributed by atoms with E-state index in [1.807, 2.05) is 24.4 Å². The molecule has 1 aromatic heterocycles. The molecule has 2 amide bonds. The molecular formula is C18H22N2O4S. The van der Waals surface area contributed by atoms with Gasteiger partial charge in [-0.15, -0.1) is 11.3 Å². The van der Waals surface area contributed by atoms with Crippen LogP contribution >= 0.6 is 11.3 Å². The van der Waals surface area contributed by atoms with Crippen molar-refractivity contribution < 1.29 is 19.1 Å². The highest BCUT2D eigenvalue weighted by Gasteiger charge is 2.18. The second-order valence-electron chi connectivity index (χ2n) is 5.32. The van der Waals surface area contributed by atoms with Crippen LogP contribution in [0.4, 0.5) is 5.69 Å². The molecule has 6 nitrogen and oxygen atoms in total. The Morgan fingerprint density at radius 2 is 2.04 bits per heavy atom. The molecule has 2 rings (SSSR count). The van der Waals surface area contributed by atoms with E-state index in [-0.39, 0.29) is 24.3 Å². The van der Waals surface area contributed by atoms with Crippen LogP contribution in [-0.4, -0.2) is 25.5 Å². The fraction of sp³-hybridized carbons (Fsp3) is 0.333. The minimum Gasteiger partial charge on any atom is -0.493 e. The number of methoxy groups -OCH3 is 1. The molecule has 1 unspecified atom stereocenters. The van der Waals surface area contributed by atoms with Crippen LogP contribution < -0.4 is 20.1 Å². The van der Waals surface area contributed by atoms with Crippen molar-refractivity contribution in [2.45, 2.75) is 26.3 Å². The SMILES string of the molecule is CCOc1ccc(NC(=O)CC(NC(C)=O)c2cccs2)cc1OC. The fourth-order valence-electron chi connectivity index (χ4n) is 2.38. The standard InChI is InChI=1S/C18H22N2O4S/c1-4-24-15-8-7-13(10-16(15)23-3)20-18(22)11-14(19-12(2)21)17-6-5-9-25-17/h5-10,14H,4,11H2,1-3H3,(H,19,21)(H,20,22). The lowest BCUT2D eigenvalue weighted by Crippen LogP contribution is -2.29. The summed E-state index contributed by atoms with van der Waals surface area (Å²) in [4.78, 5) is 24.7. The quantitative estimate of drug-likeness (QED) is 0.755. The molecule has 25 heavy (non-hydrogen) atoms. The molecule has 0 spiro atoms. The molecule has 1 heterocycles. The molecule has 7 heteroatoms. The van der Waals surface area contributed by atoms with E-state index in [1.165, 1.54) is 18.3 Å². The molecule has 2 N–H and O–H groups in total. The van der Waals surface area contributed by atoms with E-state index < -0.39 is 0 Å². The van der Waals surface area contributed by atoms with E-state index in [0.29, 0.717) is 23.8 Å². The van der Waals surface area contributed by atoms with Gasteiger partial charge in [-0.2, -0.15) is 0 Å². The lowest BCUT2D eigenvalue weighted by molar-refractivity contribution is -0.120. The van der Waals surface area contributed by atoms with Gasteiger partial charge in [0.25, 0.3) is 0 Å². The summed E-state index contributed by atoms with van der Waals surface area (Å²) in [6.45, 7) is 3.86.